The van der Waals surface area contributed by atoms with Crippen LogP contribution in [0, 0.1) is 6.92 Å². The van der Waals surface area contributed by atoms with Crippen molar-refractivity contribution in [2.24, 2.45) is 0 Å². The summed E-state index contributed by atoms with van der Waals surface area (Å²) < 4.78 is 5.43. The minimum absolute atomic E-state index is 0.0611. The molecule has 0 unspecified atom stereocenters. The molecule has 1 N–H and O–H groups in total. The summed E-state index contributed by atoms with van der Waals surface area (Å²) in [5, 5.41) is 11.5. The largest absolute Gasteiger partial charge is 0.417 e. The summed E-state index contributed by atoms with van der Waals surface area (Å²) in [6.07, 6.45) is 1.06. The molecule has 26 heavy (non-hydrogen) atoms. The molecule has 5 nitrogen and oxygen atoms in total. The second-order valence-electron chi connectivity index (χ2n) is 5.90. The van der Waals surface area contributed by atoms with E-state index >= 15 is 0 Å². The number of nitrogens with zero attached hydrogens (tertiary/aromatic N) is 2. The first-order chi connectivity index (χ1) is 12.5. The van der Waals surface area contributed by atoms with E-state index in [4.69, 9.17) is 27.6 Å². The molecule has 0 bridgehead atoms. The zero-order valence-corrected chi connectivity index (χ0v) is 15.6. The first kappa shape index (κ1) is 18.4. The van der Waals surface area contributed by atoms with E-state index in [0.717, 1.165) is 17.5 Å². The molecule has 0 radical (unpaired) electrons. The van der Waals surface area contributed by atoms with E-state index in [1.54, 1.807) is 18.2 Å². The van der Waals surface area contributed by atoms with Gasteiger partial charge >= 0.3 is 11.8 Å². The van der Waals surface area contributed by atoms with Gasteiger partial charge in [0.2, 0.25) is 5.89 Å². The van der Waals surface area contributed by atoms with Crippen LogP contribution in [0.4, 0.5) is 0 Å². The third-order valence-corrected chi connectivity index (χ3v) is 4.42. The number of rotatable bonds is 6. The van der Waals surface area contributed by atoms with Gasteiger partial charge in [0.05, 0.1) is 6.42 Å². The van der Waals surface area contributed by atoms with E-state index in [2.05, 4.69) is 15.5 Å². The van der Waals surface area contributed by atoms with Gasteiger partial charge < -0.3 is 9.73 Å². The maximum Gasteiger partial charge on any atom is 0.308 e. The van der Waals surface area contributed by atoms with E-state index in [-0.39, 0.29) is 5.89 Å². The van der Waals surface area contributed by atoms with E-state index in [1.807, 2.05) is 31.2 Å². The highest BCUT2D eigenvalue weighted by molar-refractivity contribution is 6.35. The zero-order chi connectivity index (χ0) is 18.5. The Morgan fingerprint density at radius 2 is 1.88 bits per heavy atom. The number of benzene rings is 2. The number of aromatic nitrogens is 2. The third kappa shape index (κ3) is 4.84. The normalized spacial score (nSPS) is 10.7. The van der Waals surface area contributed by atoms with Crippen molar-refractivity contribution >= 4 is 29.1 Å². The quantitative estimate of drug-likeness (QED) is 0.683. The topological polar surface area (TPSA) is 68.0 Å². The molecule has 0 atom stereocenters. The minimum Gasteiger partial charge on any atom is -0.417 e. The Hall–Kier alpha value is -2.37. The van der Waals surface area contributed by atoms with Crippen molar-refractivity contribution in [3.63, 3.8) is 0 Å². The average Bonchev–Trinajstić information content (AvgIpc) is 3.08. The van der Waals surface area contributed by atoms with Gasteiger partial charge in [-0.3, -0.25) is 4.79 Å². The molecule has 0 spiro atoms. The van der Waals surface area contributed by atoms with E-state index in [1.165, 1.54) is 5.56 Å². The smallest absolute Gasteiger partial charge is 0.308 e. The molecule has 7 heteroatoms. The van der Waals surface area contributed by atoms with Gasteiger partial charge in [-0.25, -0.2) is 0 Å². The molecule has 1 amide bonds. The molecule has 0 fully saturated rings. The van der Waals surface area contributed by atoms with Gasteiger partial charge in [0.1, 0.15) is 0 Å². The van der Waals surface area contributed by atoms with Crippen molar-refractivity contribution in [2.75, 3.05) is 6.54 Å². The highest BCUT2D eigenvalue weighted by atomic mass is 35.5. The molecule has 134 valence electrons. The van der Waals surface area contributed by atoms with Gasteiger partial charge in [-0.2, -0.15) is 0 Å². The van der Waals surface area contributed by atoms with E-state index in [0.29, 0.717) is 28.9 Å². The number of nitrogens with one attached hydrogen (secondary N) is 1. The van der Waals surface area contributed by atoms with Crippen LogP contribution in [0.5, 0.6) is 0 Å². The second kappa shape index (κ2) is 8.34. The number of aryl methyl sites for hydroxylation is 1. The Bertz CT molecular complexity index is 907. The van der Waals surface area contributed by atoms with Crippen molar-refractivity contribution < 1.29 is 9.21 Å². The standard InChI is InChI=1S/C19H17Cl2N3O2/c1-12-2-4-13(5-3-12)8-9-22-18(25)19-24-23-17(26-19)10-14-6-7-15(20)11-16(14)21/h2-7,11H,8-10H2,1H3,(H,22,25). The lowest BCUT2D eigenvalue weighted by molar-refractivity contribution is 0.0918. The molecule has 0 aliphatic carbocycles. The van der Waals surface area contributed by atoms with Crippen LogP contribution in [0.1, 0.15) is 33.3 Å². The Morgan fingerprint density at radius 1 is 1.12 bits per heavy atom. The molecular formula is C19H17Cl2N3O2. The summed E-state index contributed by atoms with van der Waals surface area (Å²) in [7, 11) is 0. The maximum absolute atomic E-state index is 12.1. The van der Waals surface area contributed by atoms with Crippen LogP contribution < -0.4 is 5.32 Å². The van der Waals surface area contributed by atoms with Gasteiger partial charge in [-0.05, 0) is 36.6 Å². The van der Waals surface area contributed by atoms with Crippen LogP contribution in [-0.4, -0.2) is 22.6 Å². The second-order valence-corrected chi connectivity index (χ2v) is 6.75. The van der Waals surface area contributed by atoms with Crippen molar-refractivity contribution in [1.82, 2.24) is 15.5 Å². The Morgan fingerprint density at radius 3 is 2.62 bits per heavy atom. The molecular weight excluding hydrogens is 373 g/mol. The lowest BCUT2D eigenvalue weighted by Crippen LogP contribution is -2.26. The van der Waals surface area contributed by atoms with E-state index in [9.17, 15) is 4.79 Å². The maximum atomic E-state index is 12.1. The van der Waals surface area contributed by atoms with Gasteiger partial charge in [0.15, 0.2) is 0 Å². The number of carbonyl (C=O) groups is 1. The zero-order valence-electron chi connectivity index (χ0n) is 14.1. The SMILES string of the molecule is Cc1ccc(CCNC(=O)c2nnc(Cc3ccc(Cl)cc3Cl)o2)cc1. The van der Waals surface area contributed by atoms with Crippen LogP contribution >= 0.6 is 23.2 Å². The summed E-state index contributed by atoms with van der Waals surface area (Å²) in [5.74, 6) is -0.134. The summed E-state index contributed by atoms with van der Waals surface area (Å²) in [4.78, 5) is 12.1. The molecule has 0 saturated carbocycles. The lowest BCUT2D eigenvalue weighted by Gasteiger charge is -2.03. The van der Waals surface area contributed by atoms with Crippen molar-refractivity contribution in [3.8, 4) is 0 Å². The summed E-state index contributed by atoms with van der Waals surface area (Å²) in [5.41, 5.74) is 3.16. The minimum atomic E-state index is -0.391. The monoisotopic (exact) mass is 389 g/mol. The number of carbonyl (C=O) groups excluding carboxylic acids is 1. The highest BCUT2D eigenvalue weighted by Crippen LogP contribution is 2.23. The van der Waals surface area contributed by atoms with Crippen molar-refractivity contribution in [1.29, 1.82) is 0 Å². The van der Waals surface area contributed by atoms with Crippen LogP contribution in [0.25, 0.3) is 0 Å². The molecule has 3 aromatic rings. The number of hydrogen-bond acceptors (Lipinski definition) is 4. The number of amides is 1. The fraction of sp³-hybridized carbons (Fsp3) is 0.211. The molecule has 1 heterocycles. The summed E-state index contributed by atoms with van der Waals surface area (Å²) >= 11 is 12.0. The Balaban J connectivity index is 1.55. The van der Waals surface area contributed by atoms with Crippen LogP contribution in [0.15, 0.2) is 46.9 Å². The van der Waals surface area contributed by atoms with Gasteiger partial charge in [0.25, 0.3) is 0 Å². The Labute approximate surface area is 161 Å². The molecule has 2 aromatic carbocycles. The van der Waals surface area contributed by atoms with Crippen LogP contribution in [-0.2, 0) is 12.8 Å². The summed E-state index contributed by atoms with van der Waals surface area (Å²) in [6, 6.07) is 13.3. The first-order valence-electron chi connectivity index (χ1n) is 8.11. The van der Waals surface area contributed by atoms with E-state index < -0.39 is 5.91 Å². The van der Waals surface area contributed by atoms with Crippen molar-refractivity contribution in [3.05, 3.63) is 81.0 Å². The first-order valence-corrected chi connectivity index (χ1v) is 8.87. The molecule has 0 saturated heterocycles. The molecule has 1 aromatic heterocycles. The third-order valence-electron chi connectivity index (χ3n) is 3.84. The van der Waals surface area contributed by atoms with Gasteiger partial charge in [0, 0.05) is 16.6 Å². The molecule has 3 rings (SSSR count). The van der Waals surface area contributed by atoms with Crippen LogP contribution in [0.3, 0.4) is 0 Å². The Kier molecular flexibility index (Phi) is 5.91. The number of halogens is 2. The van der Waals surface area contributed by atoms with Gasteiger partial charge in [-0.1, -0.05) is 59.1 Å². The fourth-order valence-electron chi connectivity index (χ4n) is 2.40. The molecule has 0 aliphatic rings. The number of hydrogen-bond donors (Lipinski definition) is 1. The van der Waals surface area contributed by atoms with Crippen LogP contribution in [0.2, 0.25) is 10.0 Å². The predicted octanol–water partition coefficient (Wildman–Crippen LogP) is 4.25. The van der Waals surface area contributed by atoms with Crippen molar-refractivity contribution in [2.45, 2.75) is 19.8 Å². The van der Waals surface area contributed by atoms with Gasteiger partial charge in [-0.15, -0.1) is 10.2 Å². The fourth-order valence-corrected chi connectivity index (χ4v) is 2.87. The lowest BCUT2D eigenvalue weighted by atomic mass is 10.1. The molecule has 0 aliphatic heterocycles. The predicted molar refractivity (Wildman–Crippen MR) is 101 cm³/mol. The highest BCUT2D eigenvalue weighted by Gasteiger charge is 2.15. The average molecular weight is 390 g/mol. The summed E-state index contributed by atoms with van der Waals surface area (Å²) in [6.45, 7) is 2.53.